The topological polar surface area (TPSA) is 35.2 Å². The summed E-state index contributed by atoms with van der Waals surface area (Å²) >= 11 is 5.00. The van der Waals surface area contributed by atoms with E-state index in [0.717, 1.165) is 9.35 Å². The molecule has 1 aromatic heterocycles. The van der Waals surface area contributed by atoms with Crippen molar-refractivity contribution in [2.24, 2.45) is 5.73 Å². The molecule has 1 heterocycles. The Balaban J connectivity index is 2.13. The van der Waals surface area contributed by atoms with Crippen molar-refractivity contribution in [2.45, 2.75) is 19.6 Å². The average Bonchev–Trinajstić information content (AvgIpc) is 2.73. The third-order valence-electron chi connectivity index (χ3n) is 2.45. The van der Waals surface area contributed by atoms with Crippen LogP contribution in [-0.4, -0.2) is 0 Å². The van der Waals surface area contributed by atoms with Crippen molar-refractivity contribution in [3.63, 3.8) is 0 Å². The van der Waals surface area contributed by atoms with Gasteiger partial charge in [-0.3, -0.25) is 0 Å². The second-order valence-electron chi connectivity index (χ2n) is 3.99. The molecule has 0 unspecified atom stereocenters. The number of thiophene rings is 1. The fourth-order valence-corrected chi connectivity index (χ4v) is 2.95. The molecular weight excluding hydrogens is 317 g/mol. The lowest BCUT2D eigenvalue weighted by Crippen LogP contribution is -2.08. The minimum absolute atomic E-state index is 0.259. The number of halogens is 2. The summed E-state index contributed by atoms with van der Waals surface area (Å²) in [6.07, 6.45) is 0. The van der Waals surface area contributed by atoms with Crippen molar-refractivity contribution in [2.75, 3.05) is 0 Å². The minimum Gasteiger partial charge on any atom is -0.488 e. The number of benzene rings is 1. The standard InChI is InChI=1S/C13H13BrFNOS/c1-8(16)12-5-10(15)2-3-13(12)17-6-11-4-9(14)7-18-11/h2-5,7-8H,6,16H2,1H3/t8-/m0/s1. The molecule has 0 amide bonds. The Hall–Kier alpha value is -0.910. The summed E-state index contributed by atoms with van der Waals surface area (Å²) in [6.45, 7) is 2.27. The molecule has 0 bridgehead atoms. The van der Waals surface area contributed by atoms with Gasteiger partial charge in [-0.1, -0.05) is 0 Å². The van der Waals surface area contributed by atoms with Gasteiger partial charge in [0.15, 0.2) is 0 Å². The van der Waals surface area contributed by atoms with Gasteiger partial charge in [0.1, 0.15) is 18.2 Å². The number of hydrogen-bond donors (Lipinski definition) is 1. The summed E-state index contributed by atoms with van der Waals surface area (Å²) in [7, 11) is 0. The summed E-state index contributed by atoms with van der Waals surface area (Å²) < 4.78 is 19.9. The van der Waals surface area contributed by atoms with Gasteiger partial charge in [-0.25, -0.2) is 4.39 Å². The molecule has 0 saturated carbocycles. The van der Waals surface area contributed by atoms with Gasteiger partial charge in [0.2, 0.25) is 0 Å². The van der Waals surface area contributed by atoms with Crippen LogP contribution in [0.15, 0.2) is 34.1 Å². The predicted octanol–water partition coefficient (Wildman–Crippen LogP) is 4.25. The van der Waals surface area contributed by atoms with Crippen LogP contribution in [0.1, 0.15) is 23.4 Å². The molecule has 0 aliphatic carbocycles. The summed E-state index contributed by atoms with van der Waals surface area (Å²) in [5.41, 5.74) is 6.49. The molecule has 96 valence electrons. The Bertz CT molecular complexity index is 542. The molecular formula is C13H13BrFNOS. The molecule has 0 aliphatic heterocycles. The number of ether oxygens (including phenoxy) is 1. The first kappa shape index (κ1) is 13.5. The zero-order valence-electron chi connectivity index (χ0n) is 9.82. The molecule has 5 heteroatoms. The van der Waals surface area contributed by atoms with Gasteiger partial charge in [0.25, 0.3) is 0 Å². The molecule has 2 nitrogen and oxygen atoms in total. The molecule has 2 aromatic rings. The first-order chi connectivity index (χ1) is 8.56. The molecule has 0 fully saturated rings. The van der Waals surface area contributed by atoms with Crippen molar-refractivity contribution in [1.82, 2.24) is 0 Å². The highest BCUT2D eigenvalue weighted by Crippen LogP contribution is 2.27. The third kappa shape index (κ3) is 3.31. The zero-order valence-corrected chi connectivity index (χ0v) is 12.2. The van der Waals surface area contributed by atoms with Crippen molar-refractivity contribution in [3.05, 3.63) is 50.4 Å². The smallest absolute Gasteiger partial charge is 0.124 e. The van der Waals surface area contributed by atoms with E-state index in [1.54, 1.807) is 17.4 Å². The van der Waals surface area contributed by atoms with E-state index >= 15 is 0 Å². The summed E-state index contributed by atoms with van der Waals surface area (Å²) in [4.78, 5) is 1.10. The quantitative estimate of drug-likeness (QED) is 0.910. The van der Waals surface area contributed by atoms with Crippen LogP contribution in [0.5, 0.6) is 5.75 Å². The Morgan fingerprint density at radius 1 is 1.44 bits per heavy atom. The first-order valence-electron chi connectivity index (χ1n) is 5.47. The van der Waals surface area contributed by atoms with Gasteiger partial charge in [-0.15, -0.1) is 11.3 Å². The van der Waals surface area contributed by atoms with E-state index in [0.29, 0.717) is 17.9 Å². The van der Waals surface area contributed by atoms with E-state index in [1.807, 2.05) is 18.4 Å². The summed E-state index contributed by atoms with van der Waals surface area (Å²) in [6, 6.07) is 6.16. The zero-order chi connectivity index (χ0) is 13.1. The number of nitrogens with two attached hydrogens (primary N) is 1. The van der Waals surface area contributed by atoms with Crippen LogP contribution in [0.3, 0.4) is 0 Å². The second-order valence-corrected chi connectivity index (χ2v) is 5.90. The van der Waals surface area contributed by atoms with Crippen molar-refractivity contribution < 1.29 is 9.13 Å². The second kappa shape index (κ2) is 5.82. The predicted molar refractivity (Wildman–Crippen MR) is 75.4 cm³/mol. The molecule has 1 atom stereocenters. The Labute approximate surface area is 118 Å². The fraction of sp³-hybridized carbons (Fsp3) is 0.231. The van der Waals surface area contributed by atoms with Gasteiger partial charge in [0.05, 0.1) is 0 Å². The molecule has 2 N–H and O–H groups in total. The van der Waals surface area contributed by atoms with Gasteiger partial charge in [0, 0.05) is 26.3 Å². The SMILES string of the molecule is C[C@H](N)c1cc(F)ccc1OCc1cc(Br)cs1. The highest BCUT2D eigenvalue weighted by molar-refractivity contribution is 9.10. The maximum absolute atomic E-state index is 13.2. The highest BCUT2D eigenvalue weighted by atomic mass is 79.9. The molecule has 0 saturated heterocycles. The Morgan fingerprint density at radius 3 is 2.83 bits per heavy atom. The van der Waals surface area contributed by atoms with E-state index in [-0.39, 0.29) is 11.9 Å². The van der Waals surface area contributed by atoms with E-state index in [9.17, 15) is 4.39 Å². The molecule has 2 rings (SSSR count). The lowest BCUT2D eigenvalue weighted by molar-refractivity contribution is 0.304. The van der Waals surface area contributed by atoms with Crippen molar-refractivity contribution in [3.8, 4) is 5.75 Å². The Morgan fingerprint density at radius 2 is 2.22 bits per heavy atom. The van der Waals surface area contributed by atoms with Gasteiger partial charge < -0.3 is 10.5 Å². The van der Waals surface area contributed by atoms with Crippen LogP contribution < -0.4 is 10.5 Å². The van der Waals surface area contributed by atoms with Gasteiger partial charge in [-0.05, 0) is 47.1 Å². The van der Waals surface area contributed by atoms with E-state index in [4.69, 9.17) is 10.5 Å². The molecule has 18 heavy (non-hydrogen) atoms. The monoisotopic (exact) mass is 329 g/mol. The lowest BCUT2D eigenvalue weighted by Gasteiger charge is -2.13. The van der Waals surface area contributed by atoms with Crippen molar-refractivity contribution in [1.29, 1.82) is 0 Å². The third-order valence-corrected chi connectivity index (χ3v) is 4.13. The first-order valence-corrected chi connectivity index (χ1v) is 7.14. The molecule has 0 aliphatic rings. The summed E-state index contributed by atoms with van der Waals surface area (Å²) in [5, 5.41) is 2.00. The van der Waals surface area contributed by atoms with Crippen LogP contribution in [0, 0.1) is 5.82 Å². The van der Waals surface area contributed by atoms with Crippen LogP contribution >= 0.6 is 27.3 Å². The normalized spacial score (nSPS) is 12.4. The number of hydrogen-bond acceptors (Lipinski definition) is 3. The average molecular weight is 330 g/mol. The van der Waals surface area contributed by atoms with Crippen LogP contribution in [-0.2, 0) is 6.61 Å². The maximum atomic E-state index is 13.2. The van der Waals surface area contributed by atoms with Crippen LogP contribution in [0.25, 0.3) is 0 Å². The highest BCUT2D eigenvalue weighted by Gasteiger charge is 2.10. The summed E-state index contributed by atoms with van der Waals surface area (Å²) in [5.74, 6) is 0.337. The number of rotatable bonds is 4. The fourth-order valence-electron chi connectivity index (χ4n) is 1.58. The van der Waals surface area contributed by atoms with Gasteiger partial charge in [-0.2, -0.15) is 0 Å². The van der Waals surface area contributed by atoms with E-state index < -0.39 is 0 Å². The largest absolute Gasteiger partial charge is 0.488 e. The van der Waals surface area contributed by atoms with E-state index in [1.165, 1.54) is 12.1 Å². The van der Waals surface area contributed by atoms with Crippen LogP contribution in [0.4, 0.5) is 4.39 Å². The molecule has 0 radical (unpaired) electrons. The van der Waals surface area contributed by atoms with Crippen molar-refractivity contribution >= 4 is 27.3 Å². The lowest BCUT2D eigenvalue weighted by atomic mass is 10.1. The Kier molecular flexibility index (Phi) is 4.37. The van der Waals surface area contributed by atoms with Gasteiger partial charge >= 0.3 is 0 Å². The van der Waals surface area contributed by atoms with E-state index in [2.05, 4.69) is 15.9 Å². The van der Waals surface area contributed by atoms with Crippen LogP contribution in [0.2, 0.25) is 0 Å². The minimum atomic E-state index is -0.298. The molecule has 1 aromatic carbocycles. The maximum Gasteiger partial charge on any atom is 0.124 e. The molecule has 0 spiro atoms.